The molecule has 6 rings (SSSR count). The summed E-state index contributed by atoms with van der Waals surface area (Å²) in [5.41, 5.74) is -0.292. The number of anilines is 2. The van der Waals surface area contributed by atoms with Crippen molar-refractivity contribution < 1.29 is 23.1 Å². The summed E-state index contributed by atoms with van der Waals surface area (Å²) in [7, 11) is 4.26. The minimum atomic E-state index is -2.83. The van der Waals surface area contributed by atoms with Gasteiger partial charge in [0, 0.05) is 58.2 Å². The van der Waals surface area contributed by atoms with E-state index >= 15 is 0 Å². The van der Waals surface area contributed by atoms with Crippen LogP contribution in [0, 0.1) is 11.8 Å². The van der Waals surface area contributed by atoms with Crippen LogP contribution in [0.2, 0.25) is 0 Å². The Labute approximate surface area is 299 Å². The van der Waals surface area contributed by atoms with Crippen LogP contribution in [0.4, 0.5) is 25.1 Å². The van der Waals surface area contributed by atoms with E-state index in [0.717, 1.165) is 103 Å². The monoisotopic (exact) mass is 712 g/mol. The number of likely N-dealkylation sites (N-methyl/N-ethyl adjacent to an activating group) is 1. The minimum absolute atomic E-state index is 0.00495. The highest BCUT2D eigenvalue weighted by molar-refractivity contribution is 6.08. The van der Waals surface area contributed by atoms with Crippen LogP contribution in [0.5, 0.6) is 0 Å². The van der Waals surface area contributed by atoms with E-state index in [1.807, 2.05) is 31.7 Å². The largest absolute Gasteiger partial charge is 0.444 e. The Bertz CT molecular complexity index is 1630. The van der Waals surface area contributed by atoms with E-state index in [0.29, 0.717) is 17.5 Å². The molecule has 3 fully saturated rings. The van der Waals surface area contributed by atoms with Crippen molar-refractivity contribution in [1.82, 2.24) is 39.1 Å². The Hall–Kier alpha value is -3.85. The molecule has 0 bridgehead atoms. The fourth-order valence-electron chi connectivity index (χ4n) is 7.53. The average molecular weight is 713 g/mol. The van der Waals surface area contributed by atoms with Crippen LogP contribution in [-0.4, -0.2) is 123 Å². The number of hydrogen-bond acceptors (Lipinski definition) is 9. The van der Waals surface area contributed by atoms with Crippen LogP contribution in [0.1, 0.15) is 94.2 Å². The second-order valence-electron chi connectivity index (χ2n) is 15.7. The fourth-order valence-corrected chi connectivity index (χ4v) is 7.53. The molecule has 3 aliphatic rings. The number of amides is 2. The number of nitrogens with zero attached hydrogens (tertiary/aromatic N) is 9. The van der Waals surface area contributed by atoms with E-state index in [2.05, 4.69) is 44.3 Å². The number of carbonyl (C=O) groups excluding carboxylic acids is 2. The Morgan fingerprint density at radius 1 is 1.02 bits per heavy atom. The van der Waals surface area contributed by atoms with Gasteiger partial charge in [0.2, 0.25) is 0 Å². The lowest BCUT2D eigenvalue weighted by atomic mass is 9.85. The predicted molar refractivity (Wildman–Crippen MR) is 191 cm³/mol. The van der Waals surface area contributed by atoms with Crippen LogP contribution in [0.25, 0.3) is 5.65 Å². The molecule has 15 heteroatoms. The number of likely N-dealkylation sites (tertiary alicyclic amines) is 1. The van der Waals surface area contributed by atoms with E-state index in [1.165, 1.54) is 10.7 Å². The number of rotatable bonds is 10. The standard InChI is InChI=1S/C36H54F2N10O3/c1-36(2,3)51-35(50)46-15-11-25(12-16-46)10-14-44(5)23-26-6-8-27(9-7-26)48-24-29(31(42-48)32(37)38)40-34(49)28-22-39-47-17-13-30(41-33(28)47)45-20-18-43(4)19-21-45/h13,17,22,24-27,32H,6-12,14-16,18-21,23H2,1-5H3,(H,40,49). The Balaban J connectivity index is 0.987. The second kappa shape index (κ2) is 15.8. The van der Waals surface area contributed by atoms with Crippen molar-refractivity contribution in [3.63, 3.8) is 0 Å². The van der Waals surface area contributed by atoms with E-state index in [4.69, 9.17) is 9.72 Å². The van der Waals surface area contributed by atoms with Crippen molar-refractivity contribution in [2.45, 2.75) is 83.8 Å². The number of ether oxygens (including phenoxy) is 1. The van der Waals surface area contributed by atoms with E-state index < -0.39 is 23.6 Å². The first kappa shape index (κ1) is 36.9. The predicted octanol–water partition coefficient (Wildman–Crippen LogP) is 5.57. The summed E-state index contributed by atoms with van der Waals surface area (Å²) in [6.45, 7) is 12.7. The molecule has 0 aromatic carbocycles. The molecule has 280 valence electrons. The molecule has 5 heterocycles. The summed E-state index contributed by atoms with van der Waals surface area (Å²) < 4.78 is 37.0. The smallest absolute Gasteiger partial charge is 0.410 e. The zero-order valence-corrected chi connectivity index (χ0v) is 30.7. The number of fused-ring (bicyclic) bond motifs is 1. The minimum Gasteiger partial charge on any atom is -0.444 e. The van der Waals surface area contributed by atoms with Crippen LogP contribution in [-0.2, 0) is 4.74 Å². The number of piperidine rings is 1. The third kappa shape index (κ3) is 9.34. The van der Waals surface area contributed by atoms with Gasteiger partial charge in [-0.2, -0.15) is 10.2 Å². The van der Waals surface area contributed by atoms with E-state index in [9.17, 15) is 18.4 Å². The Kier molecular flexibility index (Phi) is 11.4. The number of nitrogens with one attached hydrogen (secondary N) is 1. The van der Waals surface area contributed by atoms with Gasteiger partial charge in [-0.05, 0) is 104 Å². The number of piperazine rings is 1. The highest BCUT2D eigenvalue weighted by atomic mass is 19.3. The lowest BCUT2D eigenvalue weighted by Gasteiger charge is -2.35. The molecule has 1 N–H and O–H groups in total. The lowest BCUT2D eigenvalue weighted by molar-refractivity contribution is 0.0177. The van der Waals surface area contributed by atoms with Gasteiger partial charge in [0.25, 0.3) is 12.3 Å². The zero-order valence-electron chi connectivity index (χ0n) is 30.7. The summed E-state index contributed by atoms with van der Waals surface area (Å²) in [5, 5.41) is 11.2. The molecule has 1 aliphatic carbocycles. The van der Waals surface area contributed by atoms with Crippen molar-refractivity contribution in [3.8, 4) is 0 Å². The van der Waals surface area contributed by atoms with Crippen LogP contribution >= 0.6 is 0 Å². The van der Waals surface area contributed by atoms with Crippen molar-refractivity contribution in [3.05, 3.63) is 35.9 Å². The highest BCUT2D eigenvalue weighted by Crippen LogP contribution is 2.35. The molecule has 3 aromatic rings. The molecule has 0 unspecified atom stereocenters. The fraction of sp³-hybridized carbons (Fsp3) is 0.694. The average Bonchev–Trinajstić information content (AvgIpc) is 3.72. The quantitative estimate of drug-likeness (QED) is 0.288. The maximum Gasteiger partial charge on any atom is 0.410 e. The molecule has 1 saturated carbocycles. The van der Waals surface area contributed by atoms with Gasteiger partial charge >= 0.3 is 6.09 Å². The number of carbonyl (C=O) groups is 2. The van der Waals surface area contributed by atoms with Crippen molar-refractivity contribution in [1.29, 1.82) is 0 Å². The third-order valence-corrected chi connectivity index (χ3v) is 10.6. The molecule has 2 aliphatic heterocycles. The number of halogens is 2. The first-order valence-corrected chi connectivity index (χ1v) is 18.5. The van der Waals surface area contributed by atoms with Gasteiger partial charge in [-0.15, -0.1) is 0 Å². The van der Waals surface area contributed by atoms with Crippen molar-refractivity contribution in [2.75, 3.05) is 76.7 Å². The zero-order chi connectivity index (χ0) is 36.3. The first-order valence-electron chi connectivity index (χ1n) is 18.5. The van der Waals surface area contributed by atoms with Crippen molar-refractivity contribution >= 4 is 29.2 Å². The second-order valence-corrected chi connectivity index (χ2v) is 15.7. The maximum atomic E-state index is 14.2. The molecule has 3 aromatic heterocycles. The molecule has 2 saturated heterocycles. The molecule has 2 amide bonds. The maximum absolute atomic E-state index is 14.2. The number of alkyl halides is 2. The summed E-state index contributed by atoms with van der Waals surface area (Å²) in [6.07, 6.45) is 8.45. The molecule has 13 nitrogen and oxygen atoms in total. The first-order chi connectivity index (χ1) is 24.3. The summed E-state index contributed by atoms with van der Waals surface area (Å²) in [6, 6.07) is 1.87. The molecule has 51 heavy (non-hydrogen) atoms. The highest BCUT2D eigenvalue weighted by Gasteiger charge is 2.30. The van der Waals surface area contributed by atoms with E-state index in [1.54, 1.807) is 17.1 Å². The topological polar surface area (TPSA) is 116 Å². The van der Waals surface area contributed by atoms with Gasteiger partial charge < -0.3 is 29.7 Å². The van der Waals surface area contributed by atoms with Gasteiger partial charge in [-0.25, -0.2) is 23.1 Å². The van der Waals surface area contributed by atoms with Crippen LogP contribution in [0.15, 0.2) is 24.7 Å². The summed E-state index contributed by atoms with van der Waals surface area (Å²) in [4.78, 5) is 39.2. The Morgan fingerprint density at radius 2 is 1.73 bits per heavy atom. The molecular formula is C36H54F2N10O3. The lowest BCUT2D eigenvalue weighted by Crippen LogP contribution is -2.44. The Morgan fingerprint density at radius 3 is 2.39 bits per heavy atom. The number of hydrogen-bond donors (Lipinski definition) is 1. The van der Waals surface area contributed by atoms with E-state index in [-0.39, 0.29) is 23.4 Å². The van der Waals surface area contributed by atoms with Gasteiger partial charge in [-0.1, -0.05) is 0 Å². The van der Waals surface area contributed by atoms with Gasteiger partial charge in [0.1, 0.15) is 17.0 Å². The SMILES string of the molecule is CN1CCN(c2ccn3ncc(C(=O)Nc4cn(C5CCC(CN(C)CCC6CCN(C(=O)OC(C)(C)C)CC6)CC5)nc4C(F)F)c3n2)CC1. The van der Waals surface area contributed by atoms with Crippen molar-refractivity contribution in [2.24, 2.45) is 11.8 Å². The molecule has 0 spiro atoms. The molecule has 0 radical (unpaired) electrons. The molecule has 0 atom stereocenters. The molecular weight excluding hydrogens is 658 g/mol. The van der Waals surface area contributed by atoms with Crippen LogP contribution < -0.4 is 10.2 Å². The third-order valence-electron chi connectivity index (χ3n) is 10.6. The van der Waals surface area contributed by atoms with Gasteiger partial charge in [0.05, 0.1) is 17.9 Å². The van der Waals surface area contributed by atoms with Gasteiger partial charge in [-0.3, -0.25) is 9.48 Å². The van der Waals surface area contributed by atoms with Gasteiger partial charge in [0.15, 0.2) is 11.3 Å². The summed E-state index contributed by atoms with van der Waals surface area (Å²) >= 11 is 0. The number of aromatic nitrogens is 5. The summed E-state index contributed by atoms with van der Waals surface area (Å²) in [5.74, 6) is 1.34. The normalized spacial score (nSPS) is 21.2. The van der Waals surface area contributed by atoms with Crippen LogP contribution in [0.3, 0.4) is 0 Å².